The van der Waals surface area contributed by atoms with Gasteiger partial charge in [-0.25, -0.2) is 9.97 Å². The molecule has 1 heterocycles. The quantitative estimate of drug-likeness (QED) is 0.503. The Bertz CT molecular complexity index is 301. The lowest BCUT2D eigenvalue weighted by Crippen LogP contribution is -1.99. The molecule has 0 saturated heterocycles. The zero-order valence-corrected chi connectivity index (χ0v) is 7.15. The summed E-state index contributed by atoms with van der Waals surface area (Å²) in [5, 5.41) is 0.251. The standard InChI is InChI=1S/C6H4Cl2N2O/c1-3(11)5-4(7)2-9-6(8)10-5/h2H,1H3. The summed E-state index contributed by atoms with van der Waals surface area (Å²) in [6, 6.07) is 0. The molecule has 3 nitrogen and oxygen atoms in total. The van der Waals surface area contributed by atoms with Crippen molar-refractivity contribution in [2.24, 2.45) is 0 Å². The van der Waals surface area contributed by atoms with E-state index in [4.69, 9.17) is 23.2 Å². The van der Waals surface area contributed by atoms with Crippen LogP contribution >= 0.6 is 23.2 Å². The first-order valence-electron chi connectivity index (χ1n) is 2.80. The van der Waals surface area contributed by atoms with E-state index in [1.54, 1.807) is 0 Å². The van der Waals surface area contributed by atoms with Gasteiger partial charge in [-0.15, -0.1) is 0 Å². The van der Waals surface area contributed by atoms with E-state index in [2.05, 4.69) is 9.97 Å². The van der Waals surface area contributed by atoms with Gasteiger partial charge in [0, 0.05) is 6.92 Å². The molecule has 1 rings (SSSR count). The molecule has 1 aromatic heterocycles. The summed E-state index contributed by atoms with van der Waals surface area (Å²) in [4.78, 5) is 18.0. The van der Waals surface area contributed by atoms with Crippen molar-refractivity contribution in [3.8, 4) is 0 Å². The molecule has 0 bridgehead atoms. The van der Waals surface area contributed by atoms with Crippen molar-refractivity contribution in [2.75, 3.05) is 0 Å². The van der Waals surface area contributed by atoms with Crippen molar-refractivity contribution in [3.05, 3.63) is 22.2 Å². The molecule has 0 aliphatic carbocycles. The molecular formula is C6H4Cl2N2O. The van der Waals surface area contributed by atoms with Gasteiger partial charge < -0.3 is 0 Å². The van der Waals surface area contributed by atoms with Crippen molar-refractivity contribution in [1.29, 1.82) is 0 Å². The van der Waals surface area contributed by atoms with Gasteiger partial charge in [0.15, 0.2) is 5.78 Å². The lowest BCUT2D eigenvalue weighted by atomic mass is 10.3. The van der Waals surface area contributed by atoms with E-state index < -0.39 is 0 Å². The molecule has 0 atom stereocenters. The average Bonchev–Trinajstić information content (AvgIpc) is 1.94. The summed E-state index contributed by atoms with van der Waals surface area (Å²) in [6.07, 6.45) is 1.30. The van der Waals surface area contributed by atoms with Crippen molar-refractivity contribution >= 4 is 29.0 Å². The van der Waals surface area contributed by atoms with Crippen LogP contribution in [0.25, 0.3) is 0 Å². The van der Waals surface area contributed by atoms with E-state index in [9.17, 15) is 4.79 Å². The Morgan fingerprint density at radius 2 is 2.18 bits per heavy atom. The highest BCUT2D eigenvalue weighted by atomic mass is 35.5. The van der Waals surface area contributed by atoms with Crippen molar-refractivity contribution in [2.45, 2.75) is 6.92 Å². The van der Waals surface area contributed by atoms with Crippen molar-refractivity contribution in [3.63, 3.8) is 0 Å². The molecule has 58 valence electrons. The van der Waals surface area contributed by atoms with E-state index in [1.165, 1.54) is 13.1 Å². The summed E-state index contributed by atoms with van der Waals surface area (Å²) in [5.74, 6) is -0.223. The molecule has 0 radical (unpaired) electrons. The molecule has 0 aliphatic rings. The molecule has 0 amide bonds. The van der Waals surface area contributed by atoms with Crippen LogP contribution in [0.5, 0.6) is 0 Å². The first kappa shape index (κ1) is 8.43. The number of hydrogen-bond acceptors (Lipinski definition) is 3. The van der Waals surface area contributed by atoms with Crippen LogP contribution in [0.15, 0.2) is 6.20 Å². The molecule has 0 spiro atoms. The summed E-state index contributed by atoms with van der Waals surface area (Å²) in [6.45, 7) is 1.37. The van der Waals surface area contributed by atoms with Crippen LogP contribution in [0, 0.1) is 0 Å². The molecule has 0 N–H and O–H groups in total. The second-order valence-electron chi connectivity index (χ2n) is 1.89. The van der Waals surface area contributed by atoms with Crippen molar-refractivity contribution in [1.82, 2.24) is 9.97 Å². The van der Waals surface area contributed by atoms with Gasteiger partial charge >= 0.3 is 0 Å². The van der Waals surface area contributed by atoms with E-state index in [-0.39, 0.29) is 21.8 Å². The third-order valence-electron chi connectivity index (χ3n) is 1.05. The van der Waals surface area contributed by atoms with E-state index in [1.807, 2.05) is 0 Å². The van der Waals surface area contributed by atoms with Crippen LogP contribution in [0.2, 0.25) is 10.3 Å². The third kappa shape index (κ3) is 1.88. The highest BCUT2D eigenvalue weighted by Gasteiger charge is 2.07. The van der Waals surface area contributed by atoms with Crippen LogP contribution in [0.1, 0.15) is 17.4 Å². The summed E-state index contributed by atoms with van der Waals surface area (Å²) in [5.41, 5.74) is 0.159. The Morgan fingerprint density at radius 3 is 2.64 bits per heavy atom. The molecule has 0 aliphatic heterocycles. The van der Waals surface area contributed by atoms with Gasteiger partial charge in [-0.05, 0) is 11.6 Å². The van der Waals surface area contributed by atoms with E-state index in [0.29, 0.717) is 0 Å². The van der Waals surface area contributed by atoms with E-state index >= 15 is 0 Å². The Balaban J connectivity index is 3.23. The Morgan fingerprint density at radius 1 is 1.55 bits per heavy atom. The van der Waals surface area contributed by atoms with E-state index in [0.717, 1.165) is 0 Å². The minimum absolute atomic E-state index is 0.0274. The number of carbonyl (C=O) groups excluding carboxylic acids is 1. The number of ketones is 1. The van der Waals surface area contributed by atoms with Gasteiger partial charge in [-0.2, -0.15) is 0 Å². The van der Waals surface area contributed by atoms with Gasteiger partial charge in [-0.3, -0.25) is 4.79 Å². The molecule has 0 unspecified atom stereocenters. The molecule has 0 saturated carbocycles. The number of rotatable bonds is 1. The Hall–Kier alpha value is -0.670. The molecule has 11 heavy (non-hydrogen) atoms. The number of hydrogen-bond donors (Lipinski definition) is 0. The van der Waals surface area contributed by atoms with Gasteiger partial charge in [0.2, 0.25) is 5.28 Å². The second-order valence-corrected chi connectivity index (χ2v) is 2.64. The Kier molecular flexibility index (Phi) is 2.42. The fourth-order valence-electron chi connectivity index (χ4n) is 0.592. The predicted molar refractivity (Wildman–Crippen MR) is 42.1 cm³/mol. The van der Waals surface area contributed by atoms with Crippen LogP contribution in [-0.4, -0.2) is 15.8 Å². The maximum Gasteiger partial charge on any atom is 0.223 e. The lowest BCUT2D eigenvalue weighted by molar-refractivity contribution is 0.101. The maximum absolute atomic E-state index is 10.8. The summed E-state index contributed by atoms with van der Waals surface area (Å²) >= 11 is 11.0. The number of Topliss-reactive ketones (excluding diaryl/α,β-unsaturated/α-hetero) is 1. The second kappa shape index (κ2) is 3.15. The molecule has 1 aromatic rings. The smallest absolute Gasteiger partial charge is 0.223 e. The highest BCUT2D eigenvalue weighted by molar-refractivity contribution is 6.34. The third-order valence-corrected chi connectivity index (χ3v) is 1.51. The molecule has 0 aromatic carbocycles. The zero-order chi connectivity index (χ0) is 8.43. The number of halogens is 2. The topological polar surface area (TPSA) is 42.9 Å². The van der Waals surface area contributed by atoms with Gasteiger partial charge in [0.25, 0.3) is 0 Å². The fourth-order valence-corrected chi connectivity index (χ4v) is 0.950. The monoisotopic (exact) mass is 190 g/mol. The average molecular weight is 191 g/mol. The van der Waals surface area contributed by atoms with Gasteiger partial charge in [0.05, 0.1) is 11.2 Å². The maximum atomic E-state index is 10.8. The molecule has 0 fully saturated rings. The van der Waals surface area contributed by atoms with Crippen LogP contribution in [0.3, 0.4) is 0 Å². The van der Waals surface area contributed by atoms with Crippen molar-refractivity contribution < 1.29 is 4.79 Å². The molecular weight excluding hydrogens is 187 g/mol. The number of carbonyl (C=O) groups is 1. The lowest BCUT2D eigenvalue weighted by Gasteiger charge is -1.96. The summed E-state index contributed by atoms with van der Waals surface area (Å²) in [7, 11) is 0. The molecule has 5 heteroatoms. The minimum Gasteiger partial charge on any atom is -0.293 e. The predicted octanol–water partition coefficient (Wildman–Crippen LogP) is 1.99. The number of nitrogens with zero attached hydrogens (tertiary/aromatic N) is 2. The summed E-state index contributed by atoms with van der Waals surface area (Å²) < 4.78 is 0. The van der Waals surface area contributed by atoms with Crippen LogP contribution < -0.4 is 0 Å². The highest BCUT2D eigenvalue weighted by Crippen LogP contribution is 2.14. The minimum atomic E-state index is -0.223. The largest absolute Gasteiger partial charge is 0.293 e. The van der Waals surface area contributed by atoms with Gasteiger partial charge in [0.1, 0.15) is 5.69 Å². The van der Waals surface area contributed by atoms with Crippen LogP contribution in [0.4, 0.5) is 0 Å². The Labute approximate surface area is 73.4 Å². The number of aromatic nitrogens is 2. The van der Waals surface area contributed by atoms with Gasteiger partial charge in [-0.1, -0.05) is 11.6 Å². The first-order chi connectivity index (χ1) is 5.11. The fraction of sp³-hybridized carbons (Fsp3) is 0.167. The zero-order valence-electron chi connectivity index (χ0n) is 5.64. The normalized spacial score (nSPS) is 9.73. The van der Waals surface area contributed by atoms with Crippen LogP contribution in [-0.2, 0) is 0 Å². The first-order valence-corrected chi connectivity index (χ1v) is 3.56. The SMILES string of the molecule is CC(=O)c1nc(Cl)ncc1Cl.